The van der Waals surface area contributed by atoms with Gasteiger partial charge in [0.25, 0.3) is 0 Å². The standard InChI is InChI=1S/C29H30N2O5/c1-29(2,3)20-8-6-19(7-9-20)18-31(28(32)33)21-10-12-22(13-11-21)36-25-14-15-30-24-17-27(35-5)26(34-4)16-23(24)25/h6-17H,18H2,1-5H3,(H,32,33). The zero-order valence-corrected chi connectivity index (χ0v) is 21.1. The topological polar surface area (TPSA) is 81.1 Å². The van der Waals surface area contributed by atoms with Crippen LogP contribution in [0.5, 0.6) is 23.0 Å². The molecular weight excluding hydrogens is 456 g/mol. The minimum absolute atomic E-state index is 0.0399. The highest BCUT2D eigenvalue weighted by Gasteiger charge is 2.17. The number of hydrogen-bond acceptors (Lipinski definition) is 5. The van der Waals surface area contributed by atoms with Crippen LogP contribution in [-0.2, 0) is 12.0 Å². The largest absolute Gasteiger partial charge is 0.493 e. The van der Waals surface area contributed by atoms with Gasteiger partial charge in [0, 0.05) is 23.3 Å². The van der Waals surface area contributed by atoms with Crippen molar-refractivity contribution in [3.05, 3.63) is 84.1 Å². The van der Waals surface area contributed by atoms with Crippen LogP contribution < -0.4 is 19.1 Å². The number of nitrogens with zero attached hydrogens (tertiary/aromatic N) is 2. The number of ether oxygens (including phenoxy) is 3. The molecule has 0 saturated carbocycles. The monoisotopic (exact) mass is 486 g/mol. The van der Waals surface area contributed by atoms with Gasteiger partial charge < -0.3 is 19.3 Å². The van der Waals surface area contributed by atoms with E-state index in [0.29, 0.717) is 34.2 Å². The van der Waals surface area contributed by atoms with Crippen LogP contribution in [0.2, 0.25) is 0 Å². The Kier molecular flexibility index (Phi) is 7.01. The van der Waals surface area contributed by atoms with E-state index in [9.17, 15) is 9.90 Å². The third-order valence-electron chi connectivity index (χ3n) is 5.97. The summed E-state index contributed by atoms with van der Waals surface area (Å²) in [6.45, 7) is 6.70. The molecular formula is C29H30N2O5. The van der Waals surface area contributed by atoms with Gasteiger partial charge in [-0.25, -0.2) is 4.79 Å². The Morgan fingerprint density at radius 1 is 0.889 bits per heavy atom. The molecule has 7 heteroatoms. The van der Waals surface area contributed by atoms with Crippen molar-refractivity contribution < 1.29 is 24.1 Å². The van der Waals surface area contributed by atoms with Crippen molar-refractivity contribution in [1.29, 1.82) is 0 Å². The van der Waals surface area contributed by atoms with Gasteiger partial charge in [-0.05, 0) is 52.9 Å². The van der Waals surface area contributed by atoms with Gasteiger partial charge in [0.1, 0.15) is 11.5 Å². The van der Waals surface area contributed by atoms with Crippen molar-refractivity contribution in [2.24, 2.45) is 0 Å². The summed E-state index contributed by atoms with van der Waals surface area (Å²) in [6, 6.07) is 20.4. The summed E-state index contributed by atoms with van der Waals surface area (Å²) in [5.41, 5.74) is 3.42. The highest BCUT2D eigenvalue weighted by Crippen LogP contribution is 2.37. The molecule has 0 aliphatic carbocycles. The molecule has 0 radical (unpaired) electrons. The van der Waals surface area contributed by atoms with Crippen molar-refractivity contribution in [2.75, 3.05) is 19.1 Å². The molecule has 4 rings (SSSR count). The predicted octanol–water partition coefficient (Wildman–Crippen LogP) is 7.03. The van der Waals surface area contributed by atoms with Gasteiger partial charge in [-0.3, -0.25) is 9.88 Å². The Balaban J connectivity index is 1.55. The van der Waals surface area contributed by atoms with Gasteiger partial charge >= 0.3 is 6.09 Å². The van der Waals surface area contributed by atoms with Gasteiger partial charge in [0.2, 0.25) is 0 Å². The number of anilines is 1. The number of pyridine rings is 1. The SMILES string of the molecule is COc1cc2nccc(Oc3ccc(N(Cc4ccc(C(C)(C)C)cc4)C(=O)O)cc3)c2cc1OC. The molecule has 0 atom stereocenters. The van der Waals surface area contributed by atoms with Crippen LogP contribution in [0.3, 0.4) is 0 Å². The molecule has 0 unspecified atom stereocenters. The van der Waals surface area contributed by atoms with Crippen LogP contribution in [0, 0.1) is 0 Å². The van der Waals surface area contributed by atoms with Gasteiger partial charge in [-0.1, -0.05) is 45.0 Å². The molecule has 7 nitrogen and oxygen atoms in total. The molecule has 0 aliphatic rings. The molecule has 0 fully saturated rings. The summed E-state index contributed by atoms with van der Waals surface area (Å²) in [4.78, 5) is 17.7. The zero-order chi connectivity index (χ0) is 25.9. The number of aromatic nitrogens is 1. The highest BCUT2D eigenvalue weighted by molar-refractivity contribution is 5.88. The number of amides is 1. The molecule has 0 aliphatic heterocycles. The molecule has 1 N–H and O–H groups in total. The zero-order valence-electron chi connectivity index (χ0n) is 21.1. The minimum Gasteiger partial charge on any atom is -0.493 e. The molecule has 1 amide bonds. The maximum atomic E-state index is 12.0. The first-order chi connectivity index (χ1) is 17.2. The number of hydrogen-bond donors (Lipinski definition) is 1. The third-order valence-corrected chi connectivity index (χ3v) is 5.97. The third kappa shape index (κ3) is 5.35. The lowest BCUT2D eigenvalue weighted by Crippen LogP contribution is -2.28. The quantitative estimate of drug-likeness (QED) is 0.302. The average molecular weight is 487 g/mol. The fourth-order valence-corrected chi connectivity index (χ4v) is 3.92. The first-order valence-electron chi connectivity index (χ1n) is 11.6. The van der Waals surface area contributed by atoms with Crippen molar-refractivity contribution in [3.8, 4) is 23.0 Å². The van der Waals surface area contributed by atoms with Crippen LogP contribution in [0.1, 0.15) is 31.9 Å². The first-order valence-corrected chi connectivity index (χ1v) is 11.6. The summed E-state index contributed by atoms with van der Waals surface area (Å²) in [6.07, 6.45) is 0.638. The number of fused-ring (bicyclic) bond motifs is 1. The van der Waals surface area contributed by atoms with Crippen LogP contribution in [-0.4, -0.2) is 30.4 Å². The predicted molar refractivity (Wildman–Crippen MR) is 141 cm³/mol. The maximum absolute atomic E-state index is 12.0. The second-order valence-electron chi connectivity index (χ2n) is 9.45. The lowest BCUT2D eigenvalue weighted by Gasteiger charge is -2.22. The second-order valence-corrected chi connectivity index (χ2v) is 9.45. The lowest BCUT2D eigenvalue weighted by atomic mass is 9.87. The van der Waals surface area contributed by atoms with Gasteiger partial charge in [-0.15, -0.1) is 0 Å². The summed E-state index contributed by atoms with van der Waals surface area (Å²) in [5, 5.41) is 10.6. The maximum Gasteiger partial charge on any atom is 0.412 e. The van der Waals surface area contributed by atoms with E-state index in [1.54, 1.807) is 56.8 Å². The van der Waals surface area contributed by atoms with E-state index in [1.807, 2.05) is 18.2 Å². The molecule has 1 heterocycles. The summed E-state index contributed by atoms with van der Waals surface area (Å²) in [5.74, 6) is 2.33. The smallest absolute Gasteiger partial charge is 0.412 e. The van der Waals surface area contributed by atoms with Gasteiger partial charge in [0.05, 0.1) is 26.3 Å². The van der Waals surface area contributed by atoms with Crippen LogP contribution >= 0.6 is 0 Å². The molecule has 0 spiro atoms. The number of benzene rings is 3. The average Bonchev–Trinajstić information content (AvgIpc) is 2.87. The Morgan fingerprint density at radius 2 is 1.53 bits per heavy atom. The molecule has 3 aromatic carbocycles. The molecule has 36 heavy (non-hydrogen) atoms. The van der Waals surface area contributed by atoms with Crippen molar-refractivity contribution >= 4 is 22.7 Å². The Bertz CT molecular complexity index is 1360. The van der Waals surface area contributed by atoms with Crippen molar-refractivity contribution in [1.82, 2.24) is 4.98 Å². The van der Waals surface area contributed by atoms with Crippen molar-refractivity contribution in [3.63, 3.8) is 0 Å². The van der Waals surface area contributed by atoms with E-state index in [4.69, 9.17) is 14.2 Å². The summed E-state index contributed by atoms with van der Waals surface area (Å²) < 4.78 is 16.9. The summed E-state index contributed by atoms with van der Waals surface area (Å²) in [7, 11) is 3.15. The number of carbonyl (C=O) groups is 1. The molecule has 0 saturated heterocycles. The van der Waals surface area contributed by atoms with Crippen LogP contribution in [0.4, 0.5) is 10.5 Å². The minimum atomic E-state index is -1.02. The van der Waals surface area contributed by atoms with E-state index in [0.717, 1.165) is 10.9 Å². The highest BCUT2D eigenvalue weighted by atomic mass is 16.5. The van der Waals surface area contributed by atoms with Crippen LogP contribution in [0.15, 0.2) is 72.9 Å². The fraction of sp³-hybridized carbons (Fsp3) is 0.241. The number of carboxylic acid groups (broad SMARTS) is 1. The van der Waals surface area contributed by atoms with E-state index >= 15 is 0 Å². The fourth-order valence-electron chi connectivity index (χ4n) is 3.92. The van der Waals surface area contributed by atoms with E-state index in [-0.39, 0.29) is 12.0 Å². The summed E-state index contributed by atoms with van der Waals surface area (Å²) >= 11 is 0. The molecule has 4 aromatic rings. The second kappa shape index (κ2) is 10.2. The molecule has 0 bridgehead atoms. The molecule has 186 valence electrons. The Labute approximate surface area is 210 Å². The normalized spacial score (nSPS) is 11.2. The van der Waals surface area contributed by atoms with E-state index in [2.05, 4.69) is 37.9 Å². The Morgan fingerprint density at radius 3 is 2.11 bits per heavy atom. The number of methoxy groups -OCH3 is 2. The molecule has 1 aromatic heterocycles. The first kappa shape index (κ1) is 24.9. The van der Waals surface area contributed by atoms with E-state index in [1.165, 1.54) is 10.5 Å². The Hall–Kier alpha value is -4.26. The number of rotatable bonds is 7. The van der Waals surface area contributed by atoms with Crippen LogP contribution in [0.25, 0.3) is 10.9 Å². The lowest BCUT2D eigenvalue weighted by molar-refractivity contribution is 0.201. The van der Waals surface area contributed by atoms with E-state index < -0.39 is 6.09 Å². The van der Waals surface area contributed by atoms with Gasteiger partial charge in [0.15, 0.2) is 11.5 Å². The van der Waals surface area contributed by atoms with Gasteiger partial charge in [-0.2, -0.15) is 0 Å². The van der Waals surface area contributed by atoms with Crippen molar-refractivity contribution in [2.45, 2.75) is 32.7 Å².